The number of Topliss-reactive ketones (excluding diaryl/α,β-unsaturated/α-hetero) is 1. The lowest BCUT2D eigenvalue weighted by atomic mass is 9.95. The van der Waals surface area contributed by atoms with E-state index in [-0.39, 0.29) is 11.8 Å². The molecule has 0 aliphatic heterocycles. The molecule has 14 heavy (non-hydrogen) atoms. The Labute approximate surface area is 85.1 Å². The molecule has 1 rings (SSSR count). The molecule has 1 atom stereocenters. The molecule has 0 radical (unpaired) electrons. The first-order chi connectivity index (χ1) is 6.52. The highest BCUT2D eigenvalue weighted by atomic mass is 16.1. The Bertz CT molecular complexity index is 324. The average molecular weight is 191 g/mol. The fourth-order valence-corrected chi connectivity index (χ4v) is 1.53. The maximum absolute atomic E-state index is 11.0. The van der Waals surface area contributed by atoms with E-state index >= 15 is 0 Å². The number of rotatable bonds is 3. The largest absolute Gasteiger partial charge is 0.321 e. The molecule has 0 unspecified atom stereocenters. The maximum Gasteiger partial charge on any atom is 0.146 e. The molecule has 0 bridgehead atoms. The van der Waals surface area contributed by atoms with Crippen molar-refractivity contribution < 1.29 is 4.79 Å². The molecule has 1 aromatic carbocycles. The fourth-order valence-electron chi connectivity index (χ4n) is 1.53. The molecule has 2 heteroatoms. The molecule has 0 aliphatic rings. The number of ketones is 1. The Hall–Kier alpha value is -1.15. The molecule has 2 nitrogen and oxygen atoms in total. The molecular weight excluding hydrogens is 174 g/mol. The highest BCUT2D eigenvalue weighted by Crippen LogP contribution is 2.14. The SMILES string of the molecule is CC(=O)[C@@H](N)Cc1c(C)cccc1C. The Morgan fingerprint density at radius 1 is 1.36 bits per heavy atom. The number of carbonyl (C=O) groups excluding carboxylic acids is 1. The summed E-state index contributed by atoms with van der Waals surface area (Å²) in [7, 11) is 0. The summed E-state index contributed by atoms with van der Waals surface area (Å²) in [5.74, 6) is 0.0488. The van der Waals surface area contributed by atoms with Crippen molar-refractivity contribution in [1.82, 2.24) is 0 Å². The number of benzene rings is 1. The number of hydrogen-bond acceptors (Lipinski definition) is 2. The summed E-state index contributed by atoms with van der Waals surface area (Å²) < 4.78 is 0. The van der Waals surface area contributed by atoms with E-state index in [9.17, 15) is 4.79 Å². The van der Waals surface area contributed by atoms with Crippen LogP contribution in [0.25, 0.3) is 0 Å². The number of nitrogens with two attached hydrogens (primary N) is 1. The first kappa shape index (κ1) is 10.9. The summed E-state index contributed by atoms with van der Waals surface area (Å²) in [6.45, 7) is 5.64. The smallest absolute Gasteiger partial charge is 0.146 e. The van der Waals surface area contributed by atoms with Crippen molar-refractivity contribution in [3.63, 3.8) is 0 Å². The Kier molecular flexibility index (Phi) is 3.42. The van der Waals surface area contributed by atoms with Gasteiger partial charge in [0.1, 0.15) is 5.78 Å². The molecule has 0 fully saturated rings. The highest BCUT2D eigenvalue weighted by molar-refractivity contribution is 5.81. The van der Waals surface area contributed by atoms with Crippen molar-refractivity contribution in [2.45, 2.75) is 33.2 Å². The van der Waals surface area contributed by atoms with Crippen LogP contribution in [0.4, 0.5) is 0 Å². The standard InChI is InChI=1S/C12H17NO/c1-8-5-4-6-9(2)11(8)7-12(13)10(3)14/h4-6,12H,7,13H2,1-3H3/t12-/m0/s1. The molecule has 0 amide bonds. The van der Waals surface area contributed by atoms with Gasteiger partial charge in [0.25, 0.3) is 0 Å². The Morgan fingerprint density at radius 3 is 2.29 bits per heavy atom. The van der Waals surface area contributed by atoms with Gasteiger partial charge in [-0.2, -0.15) is 0 Å². The van der Waals surface area contributed by atoms with Gasteiger partial charge in [0.15, 0.2) is 0 Å². The number of carbonyl (C=O) groups is 1. The van der Waals surface area contributed by atoms with Crippen molar-refractivity contribution in [2.75, 3.05) is 0 Å². The topological polar surface area (TPSA) is 43.1 Å². The van der Waals surface area contributed by atoms with Gasteiger partial charge in [0.05, 0.1) is 6.04 Å². The van der Waals surface area contributed by atoms with E-state index in [4.69, 9.17) is 5.73 Å². The van der Waals surface area contributed by atoms with E-state index in [2.05, 4.69) is 26.0 Å². The summed E-state index contributed by atoms with van der Waals surface area (Å²) in [4.78, 5) is 11.0. The lowest BCUT2D eigenvalue weighted by Crippen LogP contribution is -2.31. The van der Waals surface area contributed by atoms with Crippen LogP contribution in [0.2, 0.25) is 0 Å². The van der Waals surface area contributed by atoms with E-state index in [1.807, 2.05) is 6.07 Å². The van der Waals surface area contributed by atoms with Crippen LogP contribution in [0.5, 0.6) is 0 Å². The third-order valence-electron chi connectivity index (χ3n) is 2.59. The molecule has 0 heterocycles. The van der Waals surface area contributed by atoms with Crippen LogP contribution in [-0.2, 0) is 11.2 Å². The van der Waals surface area contributed by atoms with Crippen LogP contribution < -0.4 is 5.73 Å². The van der Waals surface area contributed by atoms with Gasteiger partial charge in [-0.15, -0.1) is 0 Å². The molecule has 1 aromatic rings. The van der Waals surface area contributed by atoms with Crippen LogP contribution in [-0.4, -0.2) is 11.8 Å². The second kappa shape index (κ2) is 4.38. The predicted octanol–water partition coefficient (Wildman–Crippen LogP) is 1.76. The molecule has 0 saturated carbocycles. The van der Waals surface area contributed by atoms with Crippen molar-refractivity contribution >= 4 is 5.78 Å². The monoisotopic (exact) mass is 191 g/mol. The van der Waals surface area contributed by atoms with Gasteiger partial charge >= 0.3 is 0 Å². The van der Waals surface area contributed by atoms with Gasteiger partial charge in [-0.1, -0.05) is 18.2 Å². The Morgan fingerprint density at radius 2 is 1.86 bits per heavy atom. The Balaban J connectivity index is 2.91. The first-order valence-corrected chi connectivity index (χ1v) is 4.83. The average Bonchev–Trinajstić information content (AvgIpc) is 2.11. The van der Waals surface area contributed by atoms with Gasteiger partial charge in [-0.05, 0) is 43.9 Å². The van der Waals surface area contributed by atoms with E-state index in [1.165, 1.54) is 23.6 Å². The van der Waals surface area contributed by atoms with Gasteiger partial charge in [-0.3, -0.25) is 4.79 Å². The summed E-state index contributed by atoms with van der Waals surface area (Å²) in [6, 6.07) is 5.76. The maximum atomic E-state index is 11.0. The van der Waals surface area contributed by atoms with Crippen LogP contribution in [0.3, 0.4) is 0 Å². The van der Waals surface area contributed by atoms with Crippen LogP contribution in [0, 0.1) is 13.8 Å². The zero-order valence-corrected chi connectivity index (χ0v) is 9.00. The van der Waals surface area contributed by atoms with Crippen LogP contribution in [0.1, 0.15) is 23.6 Å². The third kappa shape index (κ3) is 2.42. The fraction of sp³-hybridized carbons (Fsp3) is 0.417. The zero-order valence-electron chi connectivity index (χ0n) is 9.00. The molecule has 2 N–H and O–H groups in total. The minimum absolute atomic E-state index is 0.0488. The van der Waals surface area contributed by atoms with Gasteiger partial charge in [0.2, 0.25) is 0 Å². The van der Waals surface area contributed by atoms with Gasteiger partial charge < -0.3 is 5.73 Å². The van der Waals surface area contributed by atoms with E-state index < -0.39 is 0 Å². The van der Waals surface area contributed by atoms with Gasteiger partial charge in [0, 0.05) is 0 Å². The minimum atomic E-state index is -0.366. The molecule has 0 aliphatic carbocycles. The summed E-state index contributed by atoms with van der Waals surface area (Å²) in [5, 5.41) is 0. The summed E-state index contributed by atoms with van der Waals surface area (Å²) in [5.41, 5.74) is 9.36. The molecule has 0 aromatic heterocycles. The van der Waals surface area contributed by atoms with Crippen molar-refractivity contribution in [3.8, 4) is 0 Å². The second-order valence-electron chi connectivity index (χ2n) is 3.79. The molecule has 0 saturated heterocycles. The van der Waals surface area contributed by atoms with Crippen molar-refractivity contribution in [2.24, 2.45) is 5.73 Å². The van der Waals surface area contributed by atoms with E-state index in [0.717, 1.165) is 0 Å². The zero-order chi connectivity index (χ0) is 10.7. The van der Waals surface area contributed by atoms with Crippen LogP contribution >= 0.6 is 0 Å². The van der Waals surface area contributed by atoms with Crippen LogP contribution in [0.15, 0.2) is 18.2 Å². The number of hydrogen-bond donors (Lipinski definition) is 1. The summed E-state index contributed by atoms with van der Waals surface area (Å²) >= 11 is 0. The predicted molar refractivity (Wildman–Crippen MR) is 58.3 cm³/mol. The van der Waals surface area contributed by atoms with E-state index in [0.29, 0.717) is 6.42 Å². The van der Waals surface area contributed by atoms with Crippen molar-refractivity contribution in [3.05, 3.63) is 34.9 Å². The normalized spacial score (nSPS) is 12.6. The lowest BCUT2D eigenvalue weighted by molar-refractivity contribution is -0.118. The molecule has 0 spiro atoms. The van der Waals surface area contributed by atoms with Crippen molar-refractivity contribution in [1.29, 1.82) is 0 Å². The quantitative estimate of drug-likeness (QED) is 0.791. The van der Waals surface area contributed by atoms with Gasteiger partial charge in [-0.25, -0.2) is 0 Å². The third-order valence-corrected chi connectivity index (χ3v) is 2.59. The number of aryl methyl sites for hydroxylation is 2. The first-order valence-electron chi connectivity index (χ1n) is 4.83. The second-order valence-corrected chi connectivity index (χ2v) is 3.79. The molecule has 76 valence electrons. The lowest BCUT2D eigenvalue weighted by Gasteiger charge is -2.12. The summed E-state index contributed by atoms with van der Waals surface area (Å²) in [6.07, 6.45) is 0.647. The molecular formula is C12H17NO. The highest BCUT2D eigenvalue weighted by Gasteiger charge is 2.11. The van der Waals surface area contributed by atoms with E-state index in [1.54, 1.807) is 0 Å². The minimum Gasteiger partial charge on any atom is -0.321 e.